The topological polar surface area (TPSA) is 41.6 Å². The van der Waals surface area contributed by atoms with Gasteiger partial charge in [-0.15, -0.1) is 0 Å². The third kappa shape index (κ3) is 6.67. The monoisotopic (exact) mass is 795 g/mol. The van der Waals surface area contributed by atoms with E-state index in [0.717, 1.165) is 42.8 Å². The number of carbonyl (C=O) groups is 1. The first-order valence-electron chi connectivity index (χ1n) is 23.9. The van der Waals surface area contributed by atoms with Crippen LogP contribution in [0.2, 0.25) is 0 Å². The zero-order chi connectivity index (χ0) is 41.3. The van der Waals surface area contributed by atoms with Crippen molar-refractivity contribution in [3.05, 3.63) is 71.3 Å². The first-order valence-corrected chi connectivity index (χ1v) is 23.9. The zero-order valence-electron chi connectivity index (χ0n) is 37.9. The zero-order valence-corrected chi connectivity index (χ0v) is 37.9. The average molecular weight is 795 g/mol. The van der Waals surface area contributed by atoms with Crippen LogP contribution in [0.5, 0.6) is 0 Å². The van der Waals surface area contributed by atoms with Crippen molar-refractivity contribution in [2.24, 2.45) is 62.6 Å². The molecule has 1 aromatic rings. The van der Waals surface area contributed by atoms with Crippen molar-refractivity contribution in [1.82, 2.24) is 10.2 Å². The third-order valence-electron chi connectivity index (χ3n) is 19.6. The lowest BCUT2D eigenvalue weighted by Crippen LogP contribution is -2.68. The van der Waals surface area contributed by atoms with Crippen molar-refractivity contribution >= 4 is 5.97 Å². The molecule has 8 rings (SSSR count). The van der Waals surface area contributed by atoms with Gasteiger partial charge in [0, 0.05) is 31.2 Å². The van der Waals surface area contributed by atoms with Crippen LogP contribution >= 0.6 is 0 Å². The predicted molar refractivity (Wildman–Crippen MR) is 237 cm³/mol. The van der Waals surface area contributed by atoms with Gasteiger partial charge in [0.05, 0.1) is 5.41 Å². The molecule has 4 saturated carbocycles. The predicted octanol–water partition coefficient (Wildman–Crippen LogP) is 12.5. The van der Waals surface area contributed by atoms with E-state index in [2.05, 4.69) is 84.3 Å². The van der Waals surface area contributed by atoms with Gasteiger partial charge in [0.2, 0.25) is 0 Å². The third-order valence-corrected chi connectivity index (χ3v) is 19.6. The van der Waals surface area contributed by atoms with E-state index < -0.39 is 12.1 Å². The Morgan fingerprint density at radius 1 is 0.931 bits per heavy atom. The number of hydrogen-bond donors (Lipinski definition) is 1. The molecule has 5 heteroatoms. The molecule has 1 aliphatic heterocycles. The lowest BCUT2D eigenvalue weighted by atomic mass is 9.33. The van der Waals surface area contributed by atoms with E-state index in [1.807, 2.05) is 30.3 Å². The SMILES string of the molecule is C=C(C)[C@@H]1CC[C@]2(NCCN3C[C@@H](C)CC3CC)CC[C@]3(C)[C@H](CC[C@@H]4[C@@]5(C)CC=C(C6=CC[C@](CF)(C(=O)OCc7ccccc7)CC6)C(C)(C)[C@@H]5CC[C@]43C)[C@@H]12. The number of esters is 1. The molecule has 4 nitrogen and oxygen atoms in total. The standard InChI is InChI=1S/C53H79FN2O2/c1-10-40-32-37(4)33-56(40)31-30-55-53-27-20-41(36(2)3)46(53)43-16-17-45-49(7)23-21-42(48(5,6)44(49)22-24-51(45,9)50(43,8)28-29-53)39-18-25-52(35-54,26-19-39)47(57)58-34-38-14-12-11-13-15-38/h11-15,18,21,37,40-41,43-46,55H,2,10,16-17,19-20,22-35H2,1,3-9H3/t37-,40?,41-,43+,44-,45+,46+,49-,50+,51+,52-,53-/m0/s1. The van der Waals surface area contributed by atoms with E-state index in [4.69, 9.17) is 4.74 Å². The lowest BCUT2D eigenvalue weighted by Gasteiger charge is -2.72. The number of allylic oxidation sites excluding steroid dienone is 5. The molecule has 5 fully saturated rings. The fraction of sp³-hybridized carbons (Fsp3) is 0.755. The second-order valence-corrected chi connectivity index (χ2v) is 22.6. The van der Waals surface area contributed by atoms with Crippen molar-refractivity contribution in [2.75, 3.05) is 26.3 Å². The number of ether oxygens (including phenoxy) is 1. The van der Waals surface area contributed by atoms with E-state index in [-0.39, 0.29) is 28.9 Å². The Bertz CT molecular complexity index is 1770. The first kappa shape index (κ1) is 42.5. The lowest BCUT2D eigenvalue weighted by molar-refractivity contribution is -0.221. The molecule has 1 aromatic carbocycles. The Balaban J connectivity index is 1.00. The number of likely N-dealkylation sites (tertiary alicyclic amines) is 1. The molecule has 1 unspecified atom stereocenters. The highest BCUT2D eigenvalue weighted by Gasteiger charge is 2.70. The van der Waals surface area contributed by atoms with Gasteiger partial charge in [-0.2, -0.15) is 0 Å². The van der Waals surface area contributed by atoms with Crippen LogP contribution in [0, 0.1) is 62.6 Å². The number of alkyl halides is 1. The Morgan fingerprint density at radius 2 is 1.71 bits per heavy atom. The molecular weight excluding hydrogens is 716 g/mol. The summed E-state index contributed by atoms with van der Waals surface area (Å²) in [6.45, 7) is 28.2. The van der Waals surface area contributed by atoms with Crippen LogP contribution in [-0.4, -0.2) is 48.8 Å². The van der Waals surface area contributed by atoms with Gasteiger partial charge in [-0.3, -0.25) is 9.69 Å². The summed E-state index contributed by atoms with van der Waals surface area (Å²) < 4.78 is 20.5. The summed E-state index contributed by atoms with van der Waals surface area (Å²) in [4.78, 5) is 16.2. The molecule has 7 aliphatic rings. The number of carbonyl (C=O) groups excluding carboxylic acids is 1. The fourth-order valence-corrected chi connectivity index (χ4v) is 16.4. The van der Waals surface area contributed by atoms with Gasteiger partial charge in [-0.05, 0) is 171 Å². The highest BCUT2D eigenvalue weighted by molar-refractivity contribution is 5.78. The largest absolute Gasteiger partial charge is 0.460 e. The quantitative estimate of drug-likeness (QED) is 0.179. The van der Waals surface area contributed by atoms with Crippen molar-refractivity contribution in [3.8, 4) is 0 Å². The van der Waals surface area contributed by atoms with E-state index in [1.54, 1.807) is 0 Å². The fourth-order valence-electron chi connectivity index (χ4n) is 16.4. The van der Waals surface area contributed by atoms with E-state index in [1.165, 1.54) is 94.0 Å². The number of benzene rings is 1. The molecule has 0 radical (unpaired) electrons. The molecule has 0 spiro atoms. The van der Waals surface area contributed by atoms with Crippen LogP contribution in [0.3, 0.4) is 0 Å². The normalized spacial score (nSPS) is 43.3. The summed E-state index contributed by atoms with van der Waals surface area (Å²) in [5, 5.41) is 4.39. The number of hydrogen-bond acceptors (Lipinski definition) is 4. The van der Waals surface area contributed by atoms with Gasteiger partial charge in [-0.25, -0.2) is 4.39 Å². The number of fused-ring (bicyclic) bond motifs is 7. The molecule has 12 atom stereocenters. The van der Waals surface area contributed by atoms with Crippen LogP contribution in [0.4, 0.5) is 4.39 Å². The van der Waals surface area contributed by atoms with Crippen molar-refractivity contribution in [3.63, 3.8) is 0 Å². The molecule has 0 aromatic heterocycles. The summed E-state index contributed by atoms with van der Waals surface area (Å²) in [7, 11) is 0. The van der Waals surface area contributed by atoms with Gasteiger partial charge in [-0.1, -0.05) is 103 Å². The molecule has 0 amide bonds. The molecule has 320 valence electrons. The summed E-state index contributed by atoms with van der Waals surface area (Å²) in [5.74, 6) is 3.78. The number of rotatable bonds is 11. The van der Waals surface area contributed by atoms with Crippen LogP contribution in [0.25, 0.3) is 0 Å². The van der Waals surface area contributed by atoms with Gasteiger partial charge < -0.3 is 10.1 Å². The Morgan fingerprint density at radius 3 is 2.40 bits per heavy atom. The summed E-state index contributed by atoms with van der Waals surface area (Å²) in [6, 6.07) is 10.5. The van der Waals surface area contributed by atoms with Gasteiger partial charge in [0.15, 0.2) is 0 Å². The molecule has 0 bridgehead atoms. The minimum absolute atomic E-state index is 0.0213. The summed E-state index contributed by atoms with van der Waals surface area (Å²) in [6.07, 6.45) is 20.8. The van der Waals surface area contributed by atoms with Crippen molar-refractivity contribution in [1.29, 1.82) is 0 Å². The highest BCUT2D eigenvalue weighted by atomic mass is 19.1. The average Bonchev–Trinajstić information content (AvgIpc) is 3.77. The van der Waals surface area contributed by atoms with E-state index >= 15 is 0 Å². The molecule has 1 saturated heterocycles. The van der Waals surface area contributed by atoms with Crippen LogP contribution in [0.1, 0.15) is 151 Å². The maximum Gasteiger partial charge on any atom is 0.315 e. The van der Waals surface area contributed by atoms with Crippen LogP contribution < -0.4 is 5.32 Å². The molecule has 1 N–H and O–H groups in total. The van der Waals surface area contributed by atoms with Gasteiger partial charge in [0.1, 0.15) is 13.3 Å². The van der Waals surface area contributed by atoms with Crippen LogP contribution in [0.15, 0.2) is 65.8 Å². The Labute approximate surface area is 352 Å². The maximum absolute atomic E-state index is 14.8. The second kappa shape index (κ2) is 15.6. The number of halogens is 1. The molecular formula is C53H79FN2O2. The molecule has 6 aliphatic carbocycles. The van der Waals surface area contributed by atoms with Crippen molar-refractivity contribution in [2.45, 2.75) is 163 Å². The Kier molecular flexibility index (Phi) is 11.4. The minimum atomic E-state index is -1.08. The van der Waals surface area contributed by atoms with Gasteiger partial charge in [0.25, 0.3) is 0 Å². The van der Waals surface area contributed by atoms with Crippen molar-refractivity contribution < 1.29 is 13.9 Å². The second-order valence-electron chi connectivity index (χ2n) is 22.6. The minimum Gasteiger partial charge on any atom is -0.460 e. The van der Waals surface area contributed by atoms with E-state index in [0.29, 0.717) is 47.3 Å². The maximum atomic E-state index is 14.8. The smallest absolute Gasteiger partial charge is 0.315 e. The Hall–Kier alpha value is -2.24. The number of nitrogens with zero attached hydrogens (tertiary/aromatic N) is 1. The molecule has 1 heterocycles. The van der Waals surface area contributed by atoms with Gasteiger partial charge >= 0.3 is 5.97 Å². The molecule has 58 heavy (non-hydrogen) atoms. The summed E-state index contributed by atoms with van der Waals surface area (Å²) in [5.41, 5.74) is 5.25. The highest BCUT2D eigenvalue weighted by Crippen LogP contribution is 2.76. The number of nitrogens with one attached hydrogen (secondary N) is 1. The van der Waals surface area contributed by atoms with Crippen LogP contribution in [-0.2, 0) is 16.1 Å². The summed E-state index contributed by atoms with van der Waals surface area (Å²) >= 11 is 0. The first-order chi connectivity index (χ1) is 27.6. The van der Waals surface area contributed by atoms with E-state index in [9.17, 15) is 9.18 Å².